The summed E-state index contributed by atoms with van der Waals surface area (Å²) in [6.07, 6.45) is -0.530. The number of hydrogen-bond acceptors (Lipinski definition) is 12. The van der Waals surface area contributed by atoms with Gasteiger partial charge in [-0.2, -0.15) is 5.26 Å². The van der Waals surface area contributed by atoms with E-state index in [-0.39, 0.29) is 38.5 Å². The minimum absolute atomic E-state index is 0.00884. The number of H-pyrrole nitrogens is 1. The molecule has 15 heteroatoms. The first-order chi connectivity index (χ1) is 28.6. The minimum Gasteiger partial charge on any atom is -0.497 e. The van der Waals surface area contributed by atoms with Crippen LogP contribution in [0.25, 0.3) is 0 Å². The van der Waals surface area contributed by atoms with Crippen LogP contribution in [0.15, 0.2) is 101 Å². The molecule has 0 amide bonds. The second kappa shape index (κ2) is 22.3. The number of ether oxygens (including phenoxy) is 6. The molecule has 2 heterocycles. The van der Waals surface area contributed by atoms with E-state index in [0.29, 0.717) is 18.1 Å². The summed E-state index contributed by atoms with van der Waals surface area (Å²) in [6.45, 7) is 10.7. The highest BCUT2D eigenvalue weighted by molar-refractivity contribution is 7.44. The number of aromatic nitrogens is 2. The van der Waals surface area contributed by atoms with E-state index < -0.39 is 49.9 Å². The lowest BCUT2D eigenvalue weighted by atomic mass is 9.80. The van der Waals surface area contributed by atoms with Crippen LogP contribution >= 0.6 is 8.53 Å². The van der Waals surface area contributed by atoms with Crippen molar-refractivity contribution in [1.29, 1.82) is 5.26 Å². The fourth-order valence-corrected chi connectivity index (χ4v) is 8.88. The molecule has 1 unspecified atom stereocenters. The third-order valence-corrected chi connectivity index (χ3v) is 12.0. The predicted molar refractivity (Wildman–Crippen MR) is 224 cm³/mol. The van der Waals surface area contributed by atoms with E-state index in [9.17, 15) is 14.9 Å². The molecule has 1 fully saturated rings. The Morgan fingerprint density at radius 3 is 2.02 bits per heavy atom. The van der Waals surface area contributed by atoms with Gasteiger partial charge in [0.2, 0.25) is 0 Å². The summed E-state index contributed by atoms with van der Waals surface area (Å²) >= 11 is 0. The summed E-state index contributed by atoms with van der Waals surface area (Å²) in [5, 5.41) is 9.44. The molecule has 0 bridgehead atoms. The van der Waals surface area contributed by atoms with Crippen LogP contribution in [0.5, 0.6) is 11.5 Å². The predicted octanol–water partition coefficient (Wildman–Crippen LogP) is 7.28. The molecule has 318 valence electrons. The molecule has 0 spiro atoms. The van der Waals surface area contributed by atoms with Crippen LogP contribution in [0.2, 0.25) is 0 Å². The molecule has 59 heavy (non-hydrogen) atoms. The average Bonchev–Trinajstić information content (AvgIpc) is 3.57. The van der Waals surface area contributed by atoms with E-state index in [1.807, 2.05) is 107 Å². The Bertz CT molecular complexity index is 1970. The third kappa shape index (κ3) is 11.2. The van der Waals surface area contributed by atoms with Crippen LogP contribution < -0.4 is 20.7 Å². The summed E-state index contributed by atoms with van der Waals surface area (Å²) < 4.78 is 54.4. The molecule has 1 aliphatic heterocycles. The van der Waals surface area contributed by atoms with E-state index >= 15 is 0 Å². The maximum Gasteiger partial charge on any atom is 0.330 e. The minimum atomic E-state index is -1.83. The van der Waals surface area contributed by atoms with Gasteiger partial charge in [0.05, 0.1) is 39.9 Å². The number of hydrogen-bond donors (Lipinski definition) is 1. The van der Waals surface area contributed by atoms with Gasteiger partial charge in [-0.1, -0.05) is 67.9 Å². The lowest BCUT2D eigenvalue weighted by Crippen LogP contribution is -2.43. The number of unbranched alkanes of at least 4 members (excludes halogenated alkanes) is 1. The molecule has 0 radical (unpaired) electrons. The number of aromatic amines is 1. The number of benzene rings is 3. The lowest BCUT2D eigenvalue weighted by Gasteiger charge is -2.39. The topological polar surface area (TPSA) is 156 Å². The van der Waals surface area contributed by atoms with Gasteiger partial charge < -0.3 is 37.5 Å². The van der Waals surface area contributed by atoms with Gasteiger partial charge in [-0.15, -0.1) is 0 Å². The number of nitrogens with zero attached hydrogens (tertiary/aromatic N) is 3. The summed E-state index contributed by atoms with van der Waals surface area (Å²) in [5.74, 6) is 1.36. The van der Waals surface area contributed by atoms with Crippen molar-refractivity contribution in [2.45, 2.75) is 96.1 Å². The van der Waals surface area contributed by atoms with Crippen LogP contribution in [-0.2, 0) is 33.6 Å². The molecule has 1 saturated heterocycles. The van der Waals surface area contributed by atoms with E-state index in [1.165, 1.54) is 16.8 Å². The highest BCUT2D eigenvalue weighted by Crippen LogP contribution is 2.51. The molecule has 4 aromatic rings. The molecule has 3 aromatic carbocycles. The van der Waals surface area contributed by atoms with Gasteiger partial charge in [0, 0.05) is 31.0 Å². The maximum atomic E-state index is 13.4. The molecule has 0 saturated carbocycles. The largest absolute Gasteiger partial charge is 0.497 e. The lowest BCUT2D eigenvalue weighted by molar-refractivity contribution is -0.139. The average molecular weight is 833 g/mol. The zero-order chi connectivity index (χ0) is 42.4. The first-order valence-corrected chi connectivity index (χ1v) is 21.1. The van der Waals surface area contributed by atoms with Crippen LogP contribution in [0.1, 0.15) is 76.8 Å². The Labute approximate surface area is 347 Å². The quantitative estimate of drug-likeness (QED) is 0.0346. The van der Waals surface area contributed by atoms with Crippen LogP contribution in [0.4, 0.5) is 0 Å². The number of rotatable bonds is 23. The normalized spacial score (nSPS) is 18.7. The highest BCUT2D eigenvalue weighted by atomic mass is 31.2. The van der Waals surface area contributed by atoms with Gasteiger partial charge >= 0.3 is 5.69 Å². The van der Waals surface area contributed by atoms with Crippen LogP contribution in [0, 0.1) is 11.3 Å². The molecule has 14 nitrogen and oxygen atoms in total. The van der Waals surface area contributed by atoms with Gasteiger partial charge in [-0.05, 0) is 75.1 Å². The molecule has 0 aliphatic carbocycles. The van der Waals surface area contributed by atoms with Gasteiger partial charge in [0.1, 0.15) is 42.2 Å². The molecule has 5 rings (SSSR count). The number of nitriles is 1. The van der Waals surface area contributed by atoms with E-state index in [0.717, 1.165) is 29.5 Å². The molecule has 5 atom stereocenters. The fourth-order valence-electron chi connectivity index (χ4n) is 7.11. The molecular weight excluding hydrogens is 775 g/mol. The van der Waals surface area contributed by atoms with Crippen molar-refractivity contribution in [3.63, 3.8) is 0 Å². The molecule has 1 N–H and O–H groups in total. The second-order valence-electron chi connectivity index (χ2n) is 14.5. The first-order valence-electron chi connectivity index (χ1n) is 20.0. The van der Waals surface area contributed by atoms with Crippen LogP contribution in [0.3, 0.4) is 0 Å². The summed E-state index contributed by atoms with van der Waals surface area (Å²) in [5.41, 5.74) is 0.00645. The van der Waals surface area contributed by atoms with Crippen molar-refractivity contribution in [2.24, 2.45) is 0 Å². The van der Waals surface area contributed by atoms with Crippen molar-refractivity contribution in [3.05, 3.63) is 129 Å². The van der Waals surface area contributed by atoms with Crippen LogP contribution in [-0.4, -0.2) is 85.5 Å². The molecule has 1 aromatic heterocycles. The van der Waals surface area contributed by atoms with Gasteiger partial charge in [-0.25, -0.2) is 9.46 Å². The summed E-state index contributed by atoms with van der Waals surface area (Å²) in [4.78, 5) is 28.0. The summed E-state index contributed by atoms with van der Waals surface area (Å²) in [6, 6.07) is 28.7. The zero-order valence-corrected chi connectivity index (χ0v) is 35.8. The van der Waals surface area contributed by atoms with Gasteiger partial charge in [-0.3, -0.25) is 14.3 Å². The second-order valence-corrected chi connectivity index (χ2v) is 15.9. The van der Waals surface area contributed by atoms with Gasteiger partial charge in [0.15, 0.2) is 6.23 Å². The first kappa shape index (κ1) is 45.7. The monoisotopic (exact) mass is 832 g/mol. The van der Waals surface area contributed by atoms with Crippen molar-refractivity contribution in [2.75, 3.05) is 40.8 Å². The van der Waals surface area contributed by atoms with Gasteiger partial charge in [0.25, 0.3) is 14.1 Å². The smallest absolute Gasteiger partial charge is 0.330 e. The Kier molecular flexibility index (Phi) is 17.2. The fraction of sp³-hybridized carbons (Fsp3) is 0.477. The Balaban J connectivity index is 1.67. The van der Waals surface area contributed by atoms with E-state index in [2.05, 4.69) is 22.6 Å². The van der Waals surface area contributed by atoms with E-state index in [4.69, 9.17) is 37.5 Å². The van der Waals surface area contributed by atoms with Crippen molar-refractivity contribution in [3.8, 4) is 17.6 Å². The highest BCUT2D eigenvalue weighted by Gasteiger charge is 2.51. The van der Waals surface area contributed by atoms with E-state index in [1.54, 1.807) is 14.2 Å². The standard InChI is InChI=1S/C44H57N4O10P/c1-8-9-27-53-30-54-41-40(58-59(56-28-13-25-45)48(31(2)3)32(4)5)38(57-42(41)47-26-24-39(49)46-43(47)50)29-55-44(33-14-11-10-12-15-33,34-16-20-36(51-6)21-17-34)35-18-22-37(52-7)23-19-35/h10-12,14-24,26,31-32,38,40-42H,8-9,13,27-30H2,1-7H3,(H,46,49,50)/t38-,40-,41-,42-,59?/m1/s1. The van der Waals surface area contributed by atoms with Crippen molar-refractivity contribution >= 4 is 8.53 Å². The van der Waals surface area contributed by atoms with Crippen molar-refractivity contribution in [1.82, 2.24) is 14.2 Å². The van der Waals surface area contributed by atoms with Crippen molar-refractivity contribution < 1.29 is 37.5 Å². The Morgan fingerprint density at radius 2 is 1.47 bits per heavy atom. The number of nitrogens with one attached hydrogen (secondary N) is 1. The SMILES string of the molecule is CCCCOCO[C@@H]1[C@H](OP(OCCC#N)N(C(C)C)C(C)C)[C@@H](COC(c2ccccc2)(c2ccc(OC)cc2)c2ccc(OC)cc2)O[C@H]1n1ccc(=O)[nH]c1=O. The summed E-state index contributed by atoms with van der Waals surface area (Å²) in [7, 11) is 1.40. The molecule has 1 aliphatic rings. The molecular formula is C44H57N4O10P. The zero-order valence-electron chi connectivity index (χ0n) is 34.9. The Morgan fingerprint density at radius 1 is 0.864 bits per heavy atom. The third-order valence-electron chi connectivity index (χ3n) is 9.91. The maximum absolute atomic E-state index is 13.4. The number of methoxy groups -OCH3 is 2. The Hall–Kier alpha value is -4.42.